The summed E-state index contributed by atoms with van der Waals surface area (Å²) in [6, 6.07) is 14.6. The third kappa shape index (κ3) is 3.17. The number of thiol groups is 1. The van der Waals surface area contributed by atoms with E-state index in [1.807, 2.05) is 18.2 Å². The second kappa shape index (κ2) is 6.00. The molecule has 0 radical (unpaired) electrons. The Morgan fingerprint density at radius 1 is 0.909 bits per heavy atom. The van der Waals surface area contributed by atoms with E-state index in [0.717, 1.165) is 11.1 Å². The lowest BCUT2D eigenvalue weighted by molar-refractivity contribution is 0.446. The average Bonchev–Trinajstić information content (AvgIpc) is 2.47. The Hall–Kier alpha value is -1.41. The van der Waals surface area contributed by atoms with Gasteiger partial charge in [0.25, 0.3) is 0 Å². The van der Waals surface area contributed by atoms with Gasteiger partial charge in [-0.3, -0.25) is 0 Å². The maximum atomic E-state index is 10.7. The van der Waals surface area contributed by atoms with Gasteiger partial charge in [-0.2, -0.15) is 12.6 Å². The Kier molecular flexibility index (Phi) is 4.62. The highest BCUT2D eigenvalue weighted by Crippen LogP contribution is 2.41. The zero-order chi connectivity index (χ0) is 16.5. The summed E-state index contributed by atoms with van der Waals surface area (Å²) in [5.74, 6) is 0.907. The van der Waals surface area contributed by atoms with Crippen molar-refractivity contribution < 1.29 is 5.11 Å². The number of rotatable bonds is 3. The zero-order valence-corrected chi connectivity index (χ0v) is 15.0. The number of hydrogen-bond donors (Lipinski definition) is 2. The van der Waals surface area contributed by atoms with E-state index in [2.05, 4.69) is 71.5 Å². The van der Waals surface area contributed by atoms with E-state index in [1.54, 1.807) is 0 Å². The minimum atomic E-state index is -0.260. The monoisotopic (exact) mass is 314 g/mol. The van der Waals surface area contributed by atoms with Crippen LogP contribution in [0.5, 0.6) is 5.75 Å². The first-order valence-corrected chi connectivity index (χ1v) is 8.34. The van der Waals surface area contributed by atoms with E-state index < -0.39 is 0 Å². The van der Waals surface area contributed by atoms with Crippen LogP contribution >= 0.6 is 12.6 Å². The highest BCUT2D eigenvalue weighted by Gasteiger charge is 2.29. The van der Waals surface area contributed by atoms with E-state index in [0.29, 0.717) is 11.5 Å². The smallest absolute Gasteiger partial charge is 0.123 e. The van der Waals surface area contributed by atoms with Crippen molar-refractivity contribution in [3.8, 4) is 5.75 Å². The molecule has 0 bridgehead atoms. The zero-order valence-electron chi connectivity index (χ0n) is 14.1. The quantitative estimate of drug-likeness (QED) is 0.722. The lowest BCUT2D eigenvalue weighted by atomic mass is 9.74. The van der Waals surface area contributed by atoms with Gasteiger partial charge in [0, 0.05) is 22.3 Å². The summed E-state index contributed by atoms with van der Waals surface area (Å²) >= 11 is 4.39. The summed E-state index contributed by atoms with van der Waals surface area (Å²) in [4.78, 5) is 0. The Morgan fingerprint density at radius 2 is 1.50 bits per heavy atom. The average molecular weight is 314 g/mol. The van der Waals surface area contributed by atoms with Crippen molar-refractivity contribution in [2.45, 2.75) is 51.2 Å². The third-order valence-corrected chi connectivity index (χ3v) is 4.73. The molecule has 1 N–H and O–H groups in total. The van der Waals surface area contributed by atoms with E-state index in [4.69, 9.17) is 0 Å². The van der Waals surface area contributed by atoms with Gasteiger partial charge < -0.3 is 5.11 Å². The summed E-state index contributed by atoms with van der Waals surface area (Å²) in [5, 5.41) is 10.7. The SMILES string of the molecule is CC(C)(C)c1cc(CS)c(O)c(C(C)(C)c2ccccc2)c1. The van der Waals surface area contributed by atoms with E-state index in [9.17, 15) is 5.11 Å². The predicted molar refractivity (Wildman–Crippen MR) is 98.1 cm³/mol. The molecule has 0 aliphatic heterocycles. The Bertz CT molecular complexity index is 651. The van der Waals surface area contributed by atoms with Crippen molar-refractivity contribution in [1.82, 2.24) is 0 Å². The van der Waals surface area contributed by atoms with E-state index in [-0.39, 0.29) is 10.8 Å². The molecule has 0 unspecified atom stereocenters. The van der Waals surface area contributed by atoms with Crippen LogP contribution in [0.25, 0.3) is 0 Å². The number of benzene rings is 2. The van der Waals surface area contributed by atoms with Gasteiger partial charge in [0.15, 0.2) is 0 Å². The van der Waals surface area contributed by atoms with Crippen LogP contribution in [0, 0.1) is 0 Å². The van der Waals surface area contributed by atoms with Gasteiger partial charge in [-0.1, -0.05) is 77.1 Å². The summed E-state index contributed by atoms with van der Waals surface area (Å²) < 4.78 is 0. The molecule has 0 atom stereocenters. The third-order valence-electron chi connectivity index (χ3n) is 4.39. The molecule has 22 heavy (non-hydrogen) atoms. The van der Waals surface area contributed by atoms with Crippen LogP contribution in [0.3, 0.4) is 0 Å². The van der Waals surface area contributed by atoms with Crippen molar-refractivity contribution in [3.05, 3.63) is 64.7 Å². The van der Waals surface area contributed by atoms with Gasteiger partial charge >= 0.3 is 0 Å². The Labute approximate surface area is 139 Å². The first-order chi connectivity index (χ1) is 10.2. The fourth-order valence-electron chi connectivity index (χ4n) is 2.73. The molecule has 1 nitrogen and oxygen atoms in total. The molecule has 2 rings (SSSR count). The molecule has 0 heterocycles. The van der Waals surface area contributed by atoms with Crippen molar-refractivity contribution >= 4 is 12.6 Å². The van der Waals surface area contributed by atoms with Crippen LogP contribution in [0.2, 0.25) is 0 Å². The van der Waals surface area contributed by atoms with Crippen molar-refractivity contribution in [3.63, 3.8) is 0 Å². The number of hydrogen-bond acceptors (Lipinski definition) is 2. The molecule has 0 saturated carbocycles. The maximum absolute atomic E-state index is 10.7. The van der Waals surface area contributed by atoms with Gasteiger partial charge in [-0.15, -0.1) is 0 Å². The molecular formula is C20H26OS. The first kappa shape index (κ1) is 17.0. The maximum Gasteiger partial charge on any atom is 0.123 e. The molecule has 0 aliphatic carbocycles. The van der Waals surface area contributed by atoms with Crippen molar-refractivity contribution in [2.75, 3.05) is 0 Å². The van der Waals surface area contributed by atoms with Crippen molar-refractivity contribution in [1.29, 1.82) is 0 Å². The Balaban J connectivity index is 2.68. The van der Waals surface area contributed by atoms with Gasteiger partial charge in [-0.05, 0) is 16.5 Å². The number of phenols is 1. The Morgan fingerprint density at radius 3 is 2.00 bits per heavy atom. The van der Waals surface area contributed by atoms with Crippen LogP contribution in [0.15, 0.2) is 42.5 Å². The predicted octanol–water partition coefficient (Wildman–Crippen LogP) is 5.45. The molecule has 2 aromatic rings. The summed E-state index contributed by atoms with van der Waals surface area (Å²) in [6.07, 6.45) is 0. The van der Waals surface area contributed by atoms with E-state index in [1.165, 1.54) is 11.1 Å². The van der Waals surface area contributed by atoms with Crippen LogP contribution < -0.4 is 0 Å². The fraction of sp³-hybridized carbons (Fsp3) is 0.400. The molecule has 0 fully saturated rings. The molecule has 0 aromatic heterocycles. The normalized spacial score (nSPS) is 12.5. The molecule has 2 aromatic carbocycles. The molecule has 0 aliphatic rings. The van der Waals surface area contributed by atoms with Gasteiger partial charge in [-0.25, -0.2) is 0 Å². The van der Waals surface area contributed by atoms with Crippen LogP contribution in [-0.4, -0.2) is 5.11 Å². The molecule has 0 amide bonds. The van der Waals surface area contributed by atoms with E-state index >= 15 is 0 Å². The van der Waals surface area contributed by atoms with Crippen LogP contribution in [0.1, 0.15) is 56.9 Å². The lowest BCUT2D eigenvalue weighted by Crippen LogP contribution is -2.21. The standard InChI is InChI=1S/C20H26OS/c1-19(2,3)16-11-14(13-22)18(21)17(12-16)20(4,5)15-9-7-6-8-10-15/h6-12,21-22H,13H2,1-5H3. The van der Waals surface area contributed by atoms with Crippen molar-refractivity contribution in [2.24, 2.45) is 0 Å². The minimum Gasteiger partial charge on any atom is -0.507 e. The molecule has 0 spiro atoms. The van der Waals surface area contributed by atoms with Gasteiger partial charge in [0.1, 0.15) is 5.75 Å². The second-order valence-electron chi connectivity index (χ2n) is 7.43. The van der Waals surface area contributed by atoms with Gasteiger partial charge in [0.2, 0.25) is 0 Å². The fourth-order valence-corrected chi connectivity index (χ4v) is 2.98. The number of aromatic hydroxyl groups is 1. The molecular weight excluding hydrogens is 288 g/mol. The topological polar surface area (TPSA) is 20.2 Å². The lowest BCUT2D eigenvalue weighted by Gasteiger charge is -2.30. The first-order valence-electron chi connectivity index (χ1n) is 7.71. The van der Waals surface area contributed by atoms with Crippen LogP contribution in [0.4, 0.5) is 0 Å². The summed E-state index contributed by atoms with van der Waals surface area (Å²) in [7, 11) is 0. The van der Waals surface area contributed by atoms with Crippen LogP contribution in [-0.2, 0) is 16.6 Å². The summed E-state index contributed by atoms with van der Waals surface area (Å²) in [5.41, 5.74) is 4.07. The molecule has 118 valence electrons. The van der Waals surface area contributed by atoms with Gasteiger partial charge in [0.05, 0.1) is 0 Å². The molecule has 0 saturated heterocycles. The minimum absolute atomic E-state index is 0.0346. The molecule has 2 heteroatoms. The number of phenolic OH excluding ortho intramolecular Hbond substituents is 1. The second-order valence-corrected chi connectivity index (χ2v) is 7.75. The summed E-state index contributed by atoms with van der Waals surface area (Å²) in [6.45, 7) is 10.9. The highest BCUT2D eigenvalue weighted by atomic mass is 32.1. The highest BCUT2D eigenvalue weighted by molar-refractivity contribution is 7.79. The largest absolute Gasteiger partial charge is 0.507 e.